The molecule has 5 rings (SSSR count). The van der Waals surface area contributed by atoms with Crippen molar-refractivity contribution in [2.24, 2.45) is 28.6 Å². The monoisotopic (exact) mass is 590 g/mol. The molecule has 2 aliphatic heterocycles. The van der Waals surface area contributed by atoms with Crippen molar-refractivity contribution in [1.29, 1.82) is 0 Å². The van der Waals surface area contributed by atoms with Crippen LogP contribution < -0.4 is 0 Å². The van der Waals surface area contributed by atoms with Gasteiger partial charge in [-0.05, 0) is 105 Å². The van der Waals surface area contributed by atoms with Crippen molar-refractivity contribution >= 4 is 24.4 Å². The zero-order chi connectivity index (χ0) is 28.7. The number of likely N-dealkylation sites (tertiary alicyclic amines) is 1. The standard InChI is InChI=1S/C34H51FN2O3.ClH/c1-32(2,3)26-13-16-28(29(21-26)24-11-14-27(35)15-12-24)30(38)36-19-17-34(18-20-36,25-9-7-6-8-10-25)22-37-31(39)40-23-33(37,4)5;/h11-12,14-15,25-26,28-29H,6-10,13,16-23H2,1-5H3;1H/t26?,28-,29+;/m1./s1. The number of piperidine rings is 1. The molecule has 5 nitrogen and oxygen atoms in total. The van der Waals surface area contributed by atoms with Crippen LogP contribution in [0.4, 0.5) is 9.18 Å². The summed E-state index contributed by atoms with van der Waals surface area (Å²) in [7, 11) is 0. The molecule has 2 amide bonds. The highest BCUT2D eigenvalue weighted by Gasteiger charge is 2.50. The number of halogens is 2. The minimum absolute atomic E-state index is 0. The molecular weight excluding hydrogens is 539 g/mol. The summed E-state index contributed by atoms with van der Waals surface area (Å²) in [5.41, 5.74) is 1.02. The van der Waals surface area contributed by atoms with E-state index in [1.807, 2.05) is 17.0 Å². The van der Waals surface area contributed by atoms with E-state index in [1.54, 1.807) is 12.1 Å². The molecule has 7 heteroatoms. The number of ether oxygens (including phenoxy) is 1. The Labute approximate surface area is 253 Å². The van der Waals surface area contributed by atoms with E-state index < -0.39 is 0 Å². The van der Waals surface area contributed by atoms with E-state index in [2.05, 4.69) is 39.5 Å². The van der Waals surface area contributed by atoms with Crippen molar-refractivity contribution < 1.29 is 18.7 Å². The van der Waals surface area contributed by atoms with E-state index in [4.69, 9.17) is 4.74 Å². The summed E-state index contributed by atoms with van der Waals surface area (Å²) in [5.74, 6) is 1.25. The molecular formula is C34H52ClFN2O3. The zero-order valence-corrected chi connectivity index (χ0v) is 26.7. The molecule has 2 heterocycles. The van der Waals surface area contributed by atoms with Gasteiger partial charge in [-0.3, -0.25) is 9.69 Å². The van der Waals surface area contributed by atoms with Crippen molar-refractivity contribution in [3.05, 3.63) is 35.6 Å². The van der Waals surface area contributed by atoms with Crippen LogP contribution >= 0.6 is 12.4 Å². The summed E-state index contributed by atoms with van der Waals surface area (Å²) >= 11 is 0. The SMILES string of the molecule is CC(C)(C)C1CC[C@@H](C(=O)N2CCC(CN3C(=O)OCC3(C)C)(C3CCCCC3)CC2)[C@H](c2ccc(F)cc2)C1.Cl. The van der Waals surface area contributed by atoms with Gasteiger partial charge >= 0.3 is 6.09 Å². The van der Waals surface area contributed by atoms with Crippen LogP contribution in [0.1, 0.15) is 110 Å². The first-order chi connectivity index (χ1) is 18.9. The molecule has 3 atom stereocenters. The largest absolute Gasteiger partial charge is 0.447 e. The lowest BCUT2D eigenvalue weighted by Gasteiger charge is -2.51. The van der Waals surface area contributed by atoms with Gasteiger partial charge in [-0.25, -0.2) is 9.18 Å². The summed E-state index contributed by atoms with van der Waals surface area (Å²) in [4.78, 5) is 31.1. The summed E-state index contributed by atoms with van der Waals surface area (Å²) in [6.45, 7) is 13.8. The van der Waals surface area contributed by atoms with Crippen LogP contribution in [-0.4, -0.2) is 53.6 Å². The highest BCUT2D eigenvalue weighted by Crippen LogP contribution is 2.50. The number of amides is 2. The molecule has 4 aliphatic rings. The lowest BCUT2D eigenvalue weighted by Crippen LogP contribution is -2.56. The second-order valence-corrected chi connectivity index (χ2v) is 15.1. The maximum Gasteiger partial charge on any atom is 0.410 e. The van der Waals surface area contributed by atoms with Crippen LogP contribution in [0.25, 0.3) is 0 Å². The number of cyclic esters (lactones) is 1. The highest BCUT2D eigenvalue weighted by molar-refractivity contribution is 5.85. The molecule has 1 unspecified atom stereocenters. The number of carbonyl (C=O) groups is 2. The normalized spacial score (nSPS) is 28.6. The smallest absolute Gasteiger partial charge is 0.410 e. The van der Waals surface area contributed by atoms with E-state index in [1.165, 1.54) is 32.1 Å². The third-order valence-electron chi connectivity index (χ3n) is 11.2. The first-order valence-electron chi connectivity index (χ1n) is 15.9. The fourth-order valence-corrected chi connectivity index (χ4v) is 8.38. The quantitative estimate of drug-likeness (QED) is 0.347. The predicted octanol–water partition coefficient (Wildman–Crippen LogP) is 8.21. The van der Waals surface area contributed by atoms with Crippen LogP contribution in [0.3, 0.4) is 0 Å². The first-order valence-corrected chi connectivity index (χ1v) is 15.9. The Morgan fingerprint density at radius 2 is 1.63 bits per heavy atom. The minimum Gasteiger partial charge on any atom is -0.447 e. The molecule has 2 aliphatic carbocycles. The molecule has 0 N–H and O–H groups in total. The molecule has 0 aromatic heterocycles. The summed E-state index contributed by atoms with van der Waals surface area (Å²) in [6.07, 6.45) is 10.9. The fourth-order valence-electron chi connectivity index (χ4n) is 8.38. The van der Waals surface area contributed by atoms with Gasteiger partial charge in [-0.1, -0.05) is 52.2 Å². The molecule has 2 saturated heterocycles. The maximum atomic E-state index is 14.2. The van der Waals surface area contributed by atoms with Crippen molar-refractivity contribution in [2.75, 3.05) is 26.2 Å². The molecule has 1 aromatic carbocycles. The lowest BCUT2D eigenvalue weighted by molar-refractivity contribution is -0.141. The average molecular weight is 591 g/mol. The third kappa shape index (κ3) is 6.73. The van der Waals surface area contributed by atoms with E-state index in [9.17, 15) is 14.0 Å². The minimum atomic E-state index is -0.292. The van der Waals surface area contributed by atoms with Gasteiger partial charge in [0.15, 0.2) is 0 Å². The van der Waals surface area contributed by atoms with E-state index in [0.717, 1.165) is 57.3 Å². The number of benzene rings is 1. The van der Waals surface area contributed by atoms with Gasteiger partial charge in [0.25, 0.3) is 0 Å². The summed E-state index contributed by atoms with van der Waals surface area (Å²) < 4.78 is 19.3. The Balaban J connectivity index is 0.00000387. The molecule has 0 radical (unpaired) electrons. The molecule has 0 bridgehead atoms. The van der Waals surface area contributed by atoms with Crippen molar-refractivity contribution in [3.8, 4) is 0 Å². The summed E-state index contributed by atoms with van der Waals surface area (Å²) in [5, 5.41) is 0. The van der Waals surface area contributed by atoms with Crippen LogP contribution in [0.15, 0.2) is 24.3 Å². The van der Waals surface area contributed by atoms with Gasteiger partial charge < -0.3 is 9.64 Å². The molecule has 230 valence electrons. The molecule has 41 heavy (non-hydrogen) atoms. The second kappa shape index (κ2) is 12.4. The maximum absolute atomic E-state index is 14.2. The average Bonchev–Trinajstić information content (AvgIpc) is 3.20. The van der Waals surface area contributed by atoms with Crippen LogP contribution in [-0.2, 0) is 9.53 Å². The van der Waals surface area contributed by atoms with Crippen LogP contribution in [0.2, 0.25) is 0 Å². The van der Waals surface area contributed by atoms with Gasteiger partial charge in [0.1, 0.15) is 12.4 Å². The molecule has 0 spiro atoms. The fraction of sp³-hybridized carbons (Fsp3) is 0.765. The van der Waals surface area contributed by atoms with Gasteiger partial charge in [-0.15, -0.1) is 12.4 Å². The van der Waals surface area contributed by atoms with Crippen molar-refractivity contribution in [2.45, 2.75) is 110 Å². The first kappa shape index (κ1) is 32.1. The molecule has 1 aromatic rings. The van der Waals surface area contributed by atoms with E-state index >= 15 is 0 Å². The van der Waals surface area contributed by atoms with Crippen molar-refractivity contribution in [3.63, 3.8) is 0 Å². The number of nitrogens with zero attached hydrogens (tertiary/aromatic N) is 2. The predicted molar refractivity (Wildman–Crippen MR) is 164 cm³/mol. The zero-order valence-electron chi connectivity index (χ0n) is 25.9. The van der Waals surface area contributed by atoms with Gasteiger partial charge in [0, 0.05) is 25.6 Å². The highest BCUT2D eigenvalue weighted by atomic mass is 35.5. The summed E-state index contributed by atoms with van der Waals surface area (Å²) in [6, 6.07) is 6.88. The Morgan fingerprint density at radius 1 is 1.00 bits per heavy atom. The van der Waals surface area contributed by atoms with E-state index in [0.29, 0.717) is 18.4 Å². The molecule has 4 fully saturated rings. The van der Waals surface area contributed by atoms with Gasteiger partial charge in [-0.2, -0.15) is 0 Å². The van der Waals surface area contributed by atoms with Crippen molar-refractivity contribution in [1.82, 2.24) is 9.80 Å². The van der Waals surface area contributed by atoms with Gasteiger partial charge in [0.2, 0.25) is 5.91 Å². The molecule has 2 saturated carbocycles. The van der Waals surface area contributed by atoms with E-state index in [-0.39, 0.29) is 58.4 Å². The lowest BCUT2D eigenvalue weighted by atomic mass is 9.62. The number of carbonyl (C=O) groups excluding carboxylic acids is 2. The Morgan fingerprint density at radius 3 is 2.20 bits per heavy atom. The Hall–Kier alpha value is -1.82. The topological polar surface area (TPSA) is 49.9 Å². The van der Waals surface area contributed by atoms with Crippen LogP contribution in [0, 0.1) is 34.4 Å². The second-order valence-electron chi connectivity index (χ2n) is 15.1. The number of hydrogen-bond donors (Lipinski definition) is 0. The van der Waals surface area contributed by atoms with Crippen LogP contribution in [0.5, 0.6) is 0 Å². The third-order valence-corrected chi connectivity index (χ3v) is 11.2. The Bertz CT molecular complexity index is 1050. The number of hydrogen-bond acceptors (Lipinski definition) is 3. The number of rotatable bonds is 5. The van der Waals surface area contributed by atoms with Gasteiger partial charge in [0.05, 0.1) is 5.54 Å². The Kier molecular flexibility index (Phi) is 9.73.